The van der Waals surface area contributed by atoms with E-state index in [1.807, 2.05) is 18.2 Å². The van der Waals surface area contributed by atoms with Gasteiger partial charge in [0.1, 0.15) is 0 Å². The number of carboxylic acid groups (broad SMARTS) is 1. The van der Waals surface area contributed by atoms with Gasteiger partial charge in [0.25, 0.3) is 0 Å². The van der Waals surface area contributed by atoms with E-state index in [1.54, 1.807) is 6.08 Å². The van der Waals surface area contributed by atoms with Gasteiger partial charge in [0.2, 0.25) is 0 Å². The first-order chi connectivity index (χ1) is 6.79. The lowest BCUT2D eigenvalue weighted by Crippen LogP contribution is -2.18. The molecule has 1 aromatic carbocycles. The molecule has 0 atom stereocenters. The van der Waals surface area contributed by atoms with Crippen molar-refractivity contribution in [3.05, 3.63) is 48.0 Å². The fourth-order valence-corrected chi connectivity index (χ4v) is 1.25. The molecule has 2 heteroatoms. The molecule has 1 aromatic rings. The van der Waals surface area contributed by atoms with Crippen LogP contribution in [-0.4, -0.2) is 5.97 Å². The molecule has 0 bridgehead atoms. The van der Waals surface area contributed by atoms with E-state index in [4.69, 9.17) is 0 Å². The molecule has 0 saturated carbocycles. The molecule has 0 amide bonds. The Morgan fingerprint density at radius 1 is 1.29 bits per heavy atom. The van der Waals surface area contributed by atoms with E-state index in [1.165, 1.54) is 5.56 Å². The lowest BCUT2D eigenvalue weighted by Gasteiger charge is -1.98. The third kappa shape index (κ3) is 4.45. The van der Waals surface area contributed by atoms with Crippen LogP contribution < -0.4 is 5.11 Å². The standard InChI is InChI=1S/C12H14O2/c13-12(14)10-6-2-5-9-11-7-3-1-4-8-11/h1,3-4,6-8,10H,2,5,9H2,(H,13,14)/p-1/b10-6+. The average molecular weight is 189 g/mol. The maximum Gasteiger partial charge on any atom is 0.0639 e. The zero-order chi connectivity index (χ0) is 10.2. The third-order valence-corrected chi connectivity index (χ3v) is 1.93. The lowest BCUT2D eigenvalue weighted by atomic mass is 10.1. The van der Waals surface area contributed by atoms with Crippen molar-refractivity contribution in [1.29, 1.82) is 0 Å². The van der Waals surface area contributed by atoms with Crippen LogP contribution in [0.2, 0.25) is 0 Å². The summed E-state index contributed by atoms with van der Waals surface area (Å²) >= 11 is 0. The summed E-state index contributed by atoms with van der Waals surface area (Å²) < 4.78 is 0. The predicted octanol–water partition coefficient (Wildman–Crippen LogP) is 1.32. The van der Waals surface area contributed by atoms with Gasteiger partial charge in [0.05, 0.1) is 5.97 Å². The Labute approximate surface area is 83.9 Å². The van der Waals surface area contributed by atoms with Gasteiger partial charge < -0.3 is 9.90 Å². The summed E-state index contributed by atoms with van der Waals surface area (Å²) in [5.41, 5.74) is 1.29. The van der Waals surface area contributed by atoms with Crippen molar-refractivity contribution in [3.63, 3.8) is 0 Å². The van der Waals surface area contributed by atoms with E-state index in [2.05, 4.69) is 12.1 Å². The van der Waals surface area contributed by atoms with E-state index < -0.39 is 5.97 Å². The molecule has 0 aliphatic rings. The number of unbranched alkanes of at least 4 members (excludes halogenated alkanes) is 1. The second-order valence-electron chi connectivity index (χ2n) is 3.10. The van der Waals surface area contributed by atoms with Gasteiger partial charge in [0, 0.05) is 0 Å². The van der Waals surface area contributed by atoms with E-state index in [0.717, 1.165) is 25.3 Å². The second kappa shape index (κ2) is 5.97. The van der Waals surface area contributed by atoms with Gasteiger partial charge in [-0.2, -0.15) is 0 Å². The first kappa shape index (κ1) is 10.5. The molecule has 0 fully saturated rings. The summed E-state index contributed by atoms with van der Waals surface area (Å²) in [4.78, 5) is 10.0. The van der Waals surface area contributed by atoms with Crippen LogP contribution in [0.15, 0.2) is 42.5 Å². The smallest absolute Gasteiger partial charge is 0.0639 e. The van der Waals surface area contributed by atoms with Crippen LogP contribution in [-0.2, 0) is 11.2 Å². The quantitative estimate of drug-likeness (QED) is 0.517. The molecule has 1 rings (SSSR count). The van der Waals surface area contributed by atoms with Gasteiger partial charge >= 0.3 is 0 Å². The van der Waals surface area contributed by atoms with Crippen molar-refractivity contribution in [2.75, 3.05) is 0 Å². The largest absolute Gasteiger partial charge is 0.545 e. The molecule has 0 aliphatic carbocycles. The summed E-state index contributed by atoms with van der Waals surface area (Å²) in [5.74, 6) is -1.12. The molecule has 2 nitrogen and oxygen atoms in total. The van der Waals surface area contributed by atoms with E-state index in [-0.39, 0.29) is 0 Å². The Morgan fingerprint density at radius 2 is 2.00 bits per heavy atom. The molecular weight excluding hydrogens is 176 g/mol. The highest BCUT2D eigenvalue weighted by atomic mass is 16.4. The number of aryl methyl sites for hydroxylation is 1. The number of aliphatic carboxylic acids is 1. The van der Waals surface area contributed by atoms with Crippen molar-refractivity contribution in [2.45, 2.75) is 19.3 Å². The SMILES string of the molecule is O=C([O-])/C=C/CCCc1ccccc1. The van der Waals surface area contributed by atoms with Crippen molar-refractivity contribution in [2.24, 2.45) is 0 Å². The van der Waals surface area contributed by atoms with Crippen molar-refractivity contribution >= 4 is 5.97 Å². The molecule has 0 N–H and O–H groups in total. The Morgan fingerprint density at radius 3 is 2.64 bits per heavy atom. The number of hydrogen-bond donors (Lipinski definition) is 0. The highest BCUT2D eigenvalue weighted by Crippen LogP contribution is 2.04. The maximum atomic E-state index is 10.0. The number of hydrogen-bond acceptors (Lipinski definition) is 2. The minimum Gasteiger partial charge on any atom is -0.545 e. The fourth-order valence-electron chi connectivity index (χ4n) is 1.25. The first-order valence-corrected chi connectivity index (χ1v) is 4.70. The highest BCUT2D eigenvalue weighted by molar-refractivity contribution is 5.77. The van der Waals surface area contributed by atoms with E-state index >= 15 is 0 Å². The molecule has 0 aromatic heterocycles. The van der Waals surface area contributed by atoms with Crippen LogP contribution in [0, 0.1) is 0 Å². The third-order valence-electron chi connectivity index (χ3n) is 1.93. The number of carbonyl (C=O) groups excluding carboxylic acids is 1. The van der Waals surface area contributed by atoms with Crippen LogP contribution in [0.25, 0.3) is 0 Å². The number of benzene rings is 1. The molecule has 0 unspecified atom stereocenters. The molecule has 0 radical (unpaired) electrons. The van der Waals surface area contributed by atoms with Crippen LogP contribution in [0.4, 0.5) is 0 Å². The van der Waals surface area contributed by atoms with Crippen molar-refractivity contribution in [1.82, 2.24) is 0 Å². The molecule has 0 aliphatic heterocycles. The summed E-state index contributed by atoms with van der Waals surface area (Å²) in [7, 11) is 0. The van der Waals surface area contributed by atoms with Crippen LogP contribution in [0.1, 0.15) is 18.4 Å². The summed E-state index contributed by atoms with van der Waals surface area (Å²) in [5, 5.41) is 10.0. The maximum absolute atomic E-state index is 10.0. The summed E-state index contributed by atoms with van der Waals surface area (Å²) in [6, 6.07) is 10.1. The summed E-state index contributed by atoms with van der Waals surface area (Å²) in [6.45, 7) is 0. The Hall–Kier alpha value is -1.57. The second-order valence-corrected chi connectivity index (χ2v) is 3.10. The van der Waals surface area contributed by atoms with Gasteiger partial charge in [-0.15, -0.1) is 0 Å². The zero-order valence-electron chi connectivity index (χ0n) is 7.98. The van der Waals surface area contributed by atoms with Crippen molar-refractivity contribution in [3.8, 4) is 0 Å². The van der Waals surface area contributed by atoms with Crippen LogP contribution in [0.3, 0.4) is 0 Å². The van der Waals surface area contributed by atoms with E-state index in [0.29, 0.717) is 0 Å². The normalized spacial score (nSPS) is 10.6. The number of allylic oxidation sites excluding steroid dienone is 1. The van der Waals surface area contributed by atoms with Crippen LogP contribution in [0.5, 0.6) is 0 Å². The number of carboxylic acids is 1. The minimum atomic E-state index is -1.12. The number of rotatable bonds is 5. The number of carbonyl (C=O) groups is 1. The van der Waals surface area contributed by atoms with Gasteiger partial charge in [-0.05, 0) is 30.9 Å². The highest BCUT2D eigenvalue weighted by Gasteiger charge is 1.89. The fraction of sp³-hybridized carbons (Fsp3) is 0.250. The van der Waals surface area contributed by atoms with Gasteiger partial charge in [-0.25, -0.2) is 0 Å². The average Bonchev–Trinajstić information content (AvgIpc) is 2.18. The van der Waals surface area contributed by atoms with Crippen molar-refractivity contribution < 1.29 is 9.90 Å². The molecule has 14 heavy (non-hydrogen) atoms. The molecule has 74 valence electrons. The van der Waals surface area contributed by atoms with E-state index in [9.17, 15) is 9.90 Å². The molecular formula is C12H13O2-. The Balaban J connectivity index is 2.19. The molecule has 0 heterocycles. The lowest BCUT2D eigenvalue weighted by molar-refractivity contribution is -0.297. The molecule has 0 saturated heterocycles. The van der Waals surface area contributed by atoms with Crippen LogP contribution >= 0.6 is 0 Å². The Kier molecular flexibility index (Phi) is 4.48. The topological polar surface area (TPSA) is 40.1 Å². The monoisotopic (exact) mass is 189 g/mol. The van der Waals surface area contributed by atoms with Gasteiger partial charge in [-0.1, -0.05) is 36.4 Å². The summed E-state index contributed by atoms with van der Waals surface area (Å²) in [6.07, 6.45) is 5.46. The minimum absolute atomic E-state index is 0.781. The first-order valence-electron chi connectivity index (χ1n) is 4.70. The predicted molar refractivity (Wildman–Crippen MR) is 53.5 cm³/mol. The van der Waals surface area contributed by atoms with Gasteiger partial charge in [0.15, 0.2) is 0 Å². The zero-order valence-corrected chi connectivity index (χ0v) is 7.98. The molecule has 0 spiro atoms. The Bertz CT molecular complexity index is 301. The van der Waals surface area contributed by atoms with Gasteiger partial charge in [-0.3, -0.25) is 0 Å².